The highest BCUT2D eigenvalue weighted by Crippen LogP contribution is 2.44. The molecule has 2 aromatic carbocycles. The summed E-state index contributed by atoms with van der Waals surface area (Å²) in [7, 11) is 0. The first-order valence-corrected chi connectivity index (χ1v) is 11.0. The fourth-order valence-corrected chi connectivity index (χ4v) is 5.97. The van der Waals surface area contributed by atoms with Crippen LogP contribution in [0.1, 0.15) is 49.0 Å². The largest absolute Gasteiger partial charge is 0.378 e. The average Bonchev–Trinajstić information content (AvgIpc) is 2.79. The van der Waals surface area contributed by atoms with Gasteiger partial charge in [-0.15, -0.1) is 0 Å². The minimum atomic E-state index is -1.05. The molecule has 152 valence electrons. The fraction of sp³-hybridized carbons (Fsp3) is 0.480. The van der Waals surface area contributed by atoms with Crippen LogP contribution in [0.2, 0.25) is 0 Å². The van der Waals surface area contributed by atoms with Gasteiger partial charge in [0.15, 0.2) is 6.10 Å². The van der Waals surface area contributed by atoms with Crippen LogP contribution in [-0.4, -0.2) is 46.5 Å². The van der Waals surface area contributed by atoms with Crippen LogP contribution in [0.4, 0.5) is 0 Å². The van der Waals surface area contributed by atoms with Crippen molar-refractivity contribution in [1.82, 2.24) is 9.80 Å². The second-order valence-electron chi connectivity index (χ2n) is 9.04. The summed E-state index contributed by atoms with van der Waals surface area (Å²) >= 11 is 0. The third-order valence-electron chi connectivity index (χ3n) is 7.23. The number of fused-ring (bicyclic) bond motifs is 4. The molecule has 0 radical (unpaired) electrons. The van der Waals surface area contributed by atoms with E-state index in [0.717, 1.165) is 19.6 Å². The second kappa shape index (κ2) is 7.92. The summed E-state index contributed by atoms with van der Waals surface area (Å²) in [5.74, 6) is 0.886. The van der Waals surface area contributed by atoms with E-state index in [2.05, 4.69) is 35.2 Å². The lowest BCUT2D eigenvalue weighted by Gasteiger charge is -2.55. The summed E-state index contributed by atoms with van der Waals surface area (Å²) in [5.41, 5.74) is 2.13. The molecule has 3 aliphatic heterocycles. The van der Waals surface area contributed by atoms with Crippen molar-refractivity contribution >= 4 is 5.91 Å². The third-order valence-corrected chi connectivity index (χ3v) is 7.23. The van der Waals surface area contributed by atoms with Crippen LogP contribution in [0.15, 0.2) is 60.7 Å². The number of benzene rings is 2. The van der Waals surface area contributed by atoms with Crippen molar-refractivity contribution in [3.05, 3.63) is 71.8 Å². The number of rotatable bonds is 3. The number of nitrogens with zero attached hydrogens (tertiary/aromatic N) is 2. The Labute approximate surface area is 173 Å². The SMILES string of the molecule is O=C([C@H](O)c1ccccc1)N1C[C@@H]2C[C@H](C1)[C@@H]1CCC[C@H](c3ccccc3)N1C2. The Kier molecular flexibility index (Phi) is 5.15. The summed E-state index contributed by atoms with van der Waals surface area (Å²) < 4.78 is 0. The van der Waals surface area contributed by atoms with Crippen LogP contribution in [-0.2, 0) is 4.79 Å². The Morgan fingerprint density at radius 1 is 0.931 bits per heavy atom. The molecular formula is C25H30N2O2. The lowest BCUT2D eigenvalue weighted by Crippen LogP contribution is -2.60. The Morgan fingerprint density at radius 3 is 2.41 bits per heavy atom. The first kappa shape index (κ1) is 18.8. The summed E-state index contributed by atoms with van der Waals surface area (Å²) in [6.45, 7) is 2.61. The predicted octanol–water partition coefficient (Wildman–Crippen LogP) is 3.79. The molecule has 2 aromatic rings. The quantitative estimate of drug-likeness (QED) is 0.867. The number of hydrogen-bond donors (Lipinski definition) is 1. The fourth-order valence-electron chi connectivity index (χ4n) is 5.97. The number of carbonyl (C=O) groups excluding carboxylic acids is 1. The van der Waals surface area contributed by atoms with E-state index in [1.807, 2.05) is 35.2 Å². The molecule has 3 aliphatic rings. The number of aliphatic hydroxyl groups is 1. The van der Waals surface area contributed by atoms with Crippen LogP contribution in [0, 0.1) is 11.8 Å². The maximum absolute atomic E-state index is 13.0. The summed E-state index contributed by atoms with van der Waals surface area (Å²) in [4.78, 5) is 17.7. The molecule has 5 rings (SSSR count). The first-order valence-electron chi connectivity index (χ1n) is 11.0. The van der Waals surface area contributed by atoms with Gasteiger partial charge in [0.05, 0.1) is 0 Å². The minimum Gasteiger partial charge on any atom is -0.378 e. The zero-order valence-electron chi connectivity index (χ0n) is 16.9. The molecule has 0 unspecified atom stereocenters. The predicted molar refractivity (Wildman–Crippen MR) is 113 cm³/mol. The van der Waals surface area contributed by atoms with Crippen LogP contribution in [0.3, 0.4) is 0 Å². The standard InChI is InChI=1S/C25H30N2O2/c28-24(20-10-5-2-6-11-20)25(29)26-15-18-14-21(17-26)23-13-7-12-22(27(23)16-18)19-8-3-1-4-9-19/h1-6,8-11,18,21-24,28H,7,12-17H2/t18-,21+,22+,23-,24+/m0/s1. The van der Waals surface area contributed by atoms with Gasteiger partial charge >= 0.3 is 0 Å². The van der Waals surface area contributed by atoms with E-state index in [-0.39, 0.29) is 5.91 Å². The van der Waals surface area contributed by atoms with Crippen LogP contribution < -0.4 is 0 Å². The lowest BCUT2D eigenvalue weighted by atomic mass is 9.73. The van der Waals surface area contributed by atoms with Crippen molar-refractivity contribution in [2.75, 3.05) is 19.6 Å². The van der Waals surface area contributed by atoms with Crippen LogP contribution in [0.5, 0.6) is 0 Å². The summed E-state index contributed by atoms with van der Waals surface area (Å²) in [6, 6.07) is 21.3. The van der Waals surface area contributed by atoms with Gasteiger partial charge in [-0.05, 0) is 48.6 Å². The van der Waals surface area contributed by atoms with E-state index in [4.69, 9.17) is 0 Å². The molecule has 2 bridgehead atoms. The minimum absolute atomic E-state index is 0.130. The van der Waals surface area contributed by atoms with E-state index in [1.54, 1.807) is 0 Å². The molecule has 29 heavy (non-hydrogen) atoms. The molecule has 3 heterocycles. The number of hydrogen-bond acceptors (Lipinski definition) is 3. The van der Waals surface area contributed by atoms with Gasteiger partial charge in [-0.1, -0.05) is 60.7 Å². The normalized spacial score (nSPS) is 30.4. The first-order chi connectivity index (χ1) is 14.2. The lowest BCUT2D eigenvalue weighted by molar-refractivity contribution is -0.148. The van der Waals surface area contributed by atoms with Crippen molar-refractivity contribution in [3.8, 4) is 0 Å². The molecule has 3 fully saturated rings. The number of piperidine rings is 3. The Balaban J connectivity index is 1.33. The molecule has 5 atom stereocenters. The number of likely N-dealkylation sites (tertiary alicyclic amines) is 1. The molecule has 0 aromatic heterocycles. The zero-order valence-corrected chi connectivity index (χ0v) is 16.9. The highest BCUT2D eigenvalue weighted by molar-refractivity contribution is 5.82. The summed E-state index contributed by atoms with van der Waals surface area (Å²) in [6.07, 6.45) is 3.88. The van der Waals surface area contributed by atoms with Gasteiger partial charge < -0.3 is 10.0 Å². The molecule has 1 N–H and O–H groups in total. The van der Waals surface area contributed by atoms with Gasteiger partial charge in [0.1, 0.15) is 0 Å². The molecule has 0 spiro atoms. The zero-order chi connectivity index (χ0) is 19.8. The van der Waals surface area contributed by atoms with Crippen LogP contribution in [0.25, 0.3) is 0 Å². The molecule has 0 aliphatic carbocycles. The maximum atomic E-state index is 13.0. The average molecular weight is 391 g/mol. The summed E-state index contributed by atoms with van der Waals surface area (Å²) in [5, 5.41) is 10.6. The van der Waals surface area contributed by atoms with E-state index in [0.29, 0.717) is 29.5 Å². The molecule has 4 nitrogen and oxygen atoms in total. The topological polar surface area (TPSA) is 43.8 Å². The molecule has 0 saturated carbocycles. The molecule has 4 heteroatoms. The van der Waals surface area contributed by atoms with Crippen LogP contribution >= 0.6 is 0 Å². The van der Waals surface area contributed by atoms with Gasteiger partial charge in [0.25, 0.3) is 5.91 Å². The van der Waals surface area contributed by atoms with E-state index >= 15 is 0 Å². The smallest absolute Gasteiger partial charge is 0.256 e. The third kappa shape index (κ3) is 3.60. The van der Waals surface area contributed by atoms with E-state index in [1.165, 1.54) is 31.2 Å². The van der Waals surface area contributed by atoms with Crippen molar-refractivity contribution in [3.63, 3.8) is 0 Å². The van der Waals surface area contributed by atoms with Crippen molar-refractivity contribution in [2.45, 2.75) is 43.9 Å². The van der Waals surface area contributed by atoms with Gasteiger partial charge in [-0.25, -0.2) is 0 Å². The molecular weight excluding hydrogens is 360 g/mol. The molecule has 1 amide bonds. The van der Waals surface area contributed by atoms with Crippen molar-refractivity contribution in [2.24, 2.45) is 11.8 Å². The highest BCUT2D eigenvalue weighted by Gasteiger charge is 2.46. The monoisotopic (exact) mass is 390 g/mol. The Bertz CT molecular complexity index is 840. The Hall–Kier alpha value is -2.17. The van der Waals surface area contributed by atoms with Crippen molar-refractivity contribution in [1.29, 1.82) is 0 Å². The van der Waals surface area contributed by atoms with Gasteiger partial charge in [-0.2, -0.15) is 0 Å². The second-order valence-corrected chi connectivity index (χ2v) is 9.04. The number of amides is 1. The maximum Gasteiger partial charge on any atom is 0.256 e. The number of aliphatic hydroxyl groups excluding tert-OH is 1. The molecule has 3 saturated heterocycles. The van der Waals surface area contributed by atoms with E-state index < -0.39 is 6.10 Å². The van der Waals surface area contributed by atoms with Crippen molar-refractivity contribution < 1.29 is 9.90 Å². The number of carbonyl (C=O) groups is 1. The highest BCUT2D eigenvalue weighted by atomic mass is 16.3. The van der Waals surface area contributed by atoms with Gasteiger partial charge in [0, 0.05) is 31.7 Å². The van der Waals surface area contributed by atoms with E-state index in [9.17, 15) is 9.90 Å². The Morgan fingerprint density at radius 2 is 1.66 bits per heavy atom. The van der Waals surface area contributed by atoms with Gasteiger partial charge in [-0.3, -0.25) is 9.69 Å². The van der Waals surface area contributed by atoms with Gasteiger partial charge in [0.2, 0.25) is 0 Å².